The van der Waals surface area contributed by atoms with Crippen molar-refractivity contribution in [2.45, 2.75) is 25.5 Å². The lowest BCUT2D eigenvalue weighted by atomic mass is 9.90. The van der Waals surface area contributed by atoms with Gasteiger partial charge in [0.1, 0.15) is 18.5 Å². The van der Waals surface area contributed by atoms with E-state index in [2.05, 4.69) is 53.2 Å². The Bertz CT molecular complexity index is 1100. The Morgan fingerprint density at radius 1 is 1.13 bits per heavy atom. The second-order valence-electron chi connectivity index (χ2n) is 7.74. The van der Waals surface area contributed by atoms with Crippen molar-refractivity contribution in [1.29, 1.82) is 0 Å². The number of rotatable bonds is 5. The highest BCUT2D eigenvalue weighted by molar-refractivity contribution is 5.78. The van der Waals surface area contributed by atoms with Gasteiger partial charge in [-0.1, -0.05) is 48.2 Å². The first-order chi connectivity index (χ1) is 15.0. The molecule has 0 spiro atoms. The van der Waals surface area contributed by atoms with E-state index < -0.39 is 12.7 Å². The van der Waals surface area contributed by atoms with Crippen LogP contribution in [-0.2, 0) is 11.3 Å². The van der Waals surface area contributed by atoms with Crippen LogP contribution in [0, 0.1) is 11.8 Å². The Morgan fingerprint density at radius 2 is 1.77 bits per heavy atom. The molecule has 1 atom stereocenters. The van der Waals surface area contributed by atoms with Crippen LogP contribution in [0.3, 0.4) is 0 Å². The first-order valence-electron chi connectivity index (χ1n) is 10.3. The van der Waals surface area contributed by atoms with Gasteiger partial charge >= 0.3 is 0 Å². The summed E-state index contributed by atoms with van der Waals surface area (Å²) < 4.78 is 1.84. The van der Waals surface area contributed by atoms with E-state index in [9.17, 15) is 9.90 Å². The molecule has 31 heavy (non-hydrogen) atoms. The van der Waals surface area contributed by atoms with Gasteiger partial charge in [-0.15, -0.1) is 0 Å². The molecule has 1 aliphatic rings. The number of amides is 1. The van der Waals surface area contributed by atoms with Crippen molar-refractivity contribution < 1.29 is 15.0 Å². The third-order valence-electron chi connectivity index (χ3n) is 5.57. The monoisotopic (exact) mass is 415 g/mol. The van der Waals surface area contributed by atoms with Crippen LogP contribution >= 0.6 is 0 Å². The summed E-state index contributed by atoms with van der Waals surface area (Å²) in [6.45, 7) is 3.09. The minimum absolute atomic E-state index is 0.204. The Labute approximate surface area is 181 Å². The number of carbonyl (C=O) groups excluding carboxylic acids is 1. The lowest BCUT2D eigenvalue weighted by Gasteiger charge is -2.39. The van der Waals surface area contributed by atoms with E-state index >= 15 is 0 Å². The van der Waals surface area contributed by atoms with Gasteiger partial charge in [-0.05, 0) is 35.7 Å². The van der Waals surface area contributed by atoms with Gasteiger partial charge in [-0.25, -0.2) is 4.98 Å². The maximum Gasteiger partial charge on any atom is 0.248 e. The minimum Gasteiger partial charge on any atom is -0.387 e. The van der Waals surface area contributed by atoms with Gasteiger partial charge in [0.15, 0.2) is 0 Å². The zero-order valence-corrected chi connectivity index (χ0v) is 17.4. The third kappa shape index (κ3) is 4.69. The number of imidazole rings is 1. The first kappa shape index (κ1) is 20.9. The number of aliphatic hydroxyl groups is 2. The van der Waals surface area contributed by atoms with Crippen molar-refractivity contribution in [1.82, 2.24) is 14.5 Å². The summed E-state index contributed by atoms with van der Waals surface area (Å²) in [4.78, 5) is 17.3. The molecular formula is C25H25N3O3. The predicted molar refractivity (Wildman–Crippen MR) is 118 cm³/mol. The standard InChI is InChI=1S/C25H25N3O3/c1-18(30)25-26-12-14-27(25)13-2-3-19-4-6-20(7-5-19)21-8-10-22(11-9-21)23-15-28(16-23)24(31)17-29/h4-12,14,18,23,29-30H,13,15-17H2,1H3/t18-/m0/s1. The molecule has 0 saturated carbocycles. The molecule has 2 N–H and O–H groups in total. The summed E-state index contributed by atoms with van der Waals surface area (Å²) in [5, 5.41) is 18.6. The van der Waals surface area contributed by atoms with Crippen molar-refractivity contribution in [3.05, 3.63) is 77.9 Å². The molecule has 0 radical (unpaired) electrons. The molecule has 0 unspecified atom stereocenters. The highest BCUT2D eigenvalue weighted by atomic mass is 16.3. The van der Waals surface area contributed by atoms with Gasteiger partial charge < -0.3 is 19.7 Å². The maximum atomic E-state index is 11.5. The van der Waals surface area contributed by atoms with Gasteiger partial charge in [0.2, 0.25) is 5.91 Å². The summed E-state index contributed by atoms with van der Waals surface area (Å²) >= 11 is 0. The highest BCUT2D eigenvalue weighted by Gasteiger charge is 2.30. The predicted octanol–water partition coefficient (Wildman–Crippen LogP) is 2.57. The Balaban J connectivity index is 1.36. The third-order valence-corrected chi connectivity index (χ3v) is 5.57. The number of carbonyl (C=O) groups is 1. The van der Waals surface area contributed by atoms with E-state index in [1.165, 1.54) is 5.56 Å². The lowest BCUT2D eigenvalue weighted by Crippen LogP contribution is -2.49. The van der Waals surface area contributed by atoms with Crippen molar-refractivity contribution in [3.8, 4) is 23.0 Å². The van der Waals surface area contributed by atoms with Crippen LogP contribution in [0.15, 0.2) is 60.9 Å². The number of nitrogens with zero attached hydrogens (tertiary/aromatic N) is 3. The number of benzene rings is 2. The van der Waals surface area contributed by atoms with Crippen molar-refractivity contribution in [2.75, 3.05) is 19.7 Å². The molecular weight excluding hydrogens is 390 g/mol. The topological polar surface area (TPSA) is 78.6 Å². The van der Waals surface area contributed by atoms with Crippen LogP contribution in [0.4, 0.5) is 0 Å². The van der Waals surface area contributed by atoms with Crippen LogP contribution in [0.2, 0.25) is 0 Å². The molecule has 0 bridgehead atoms. The number of likely N-dealkylation sites (tertiary alicyclic amines) is 1. The molecule has 2 heterocycles. The SMILES string of the molecule is C[C@H](O)c1nccn1CC#Cc1ccc(-c2ccc(C3CN(C(=O)CO)C3)cc2)cc1. The average Bonchev–Trinajstić information content (AvgIpc) is 3.22. The summed E-state index contributed by atoms with van der Waals surface area (Å²) in [7, 11) is 0. The first-order valence-corrected chi connectivity index (χ1v) is 10.3. The largest absolute Gasteiger partial charge is 0.387 e. The van der Waals surface area contributed by atoms with Gasteiger partial charge in [0.05, 0.1) is 6.54 Å². The number of aliphatic hydroxyl groups excluding tert-OH is 2. The van der Waals surface area contributed by atoms with Crippen LogP contribution in [-0.4, -0.2) is 50.3 Å². The fourth-order valence-corrected chi connectivity index (χ4v) is 3.74. The number of hydrogen-bond acceptors (Lipinski definition) is 4. The van der Waals surface area contributed by atoms with Crippen molar-refractivity contribution in [3.63, 3.8) is 0 Å². The van der Waals surface area contributed by atoms with E-state index in [0.29, 0.717) is 31.4 Å². The lowest BCUT2D eigenvalue weighted by molar-refractivity contribution is -0.138. The Morgan fingerprint density at radius 3 is 2.39 bits per heavy atom. The zero-order valence-electron chi connectivity index (χ0n) is 17.4. The summed E-state index contributed by atoms with van der Waals surface area (Å²) in [5.41, 5.74) is 4.39. The average molecular weight is 415 g/mol. The van der Waals surface area contributed by atoms with E-state index in [-0.39, 0.29) is 5.91 Å². The second kappa shape index (κ2) is 9.17. The Hall–Kier alpha value is -3.40. The summed E-state index contributed by atoms with van der Waals surface area (Å²) in [6, 6.07) is 16.5. The van der Waals surface area contributed by atoms with Gasteiger partial charge in [0, 0.05) is 37.0 Å². The fourth-order valence-electron chi connectivity index (χ4n) is 3.74. The van der Waals surface area contributed by atoms with Crippen molar-refractivity contribution in [2.24, 2.45) is 0 Å². The van der Waals surface area contributed by atoms with Crippen LogP contribution < -0.4 is 0 Å². The molecule has 4 rings (SSSR count). The highest BCUT2D eigenvalue weighted by Crippen LogP contribution is 2.29. The van der Waals surface area contributed by atoms with Crippen molar-refractivity contribution >= 4 is 5.91 Å². The fraction of sp³-hybridized carbons (Fsp3) is 0.280. The molecule has 1 amide bonds. The molecule has 0 aliphatic carbocycles. The smallest absolute Gasteiger partial charge is 0.248 e. The number of aromatic nitrogens is 2. The second-order valence-corrected chi connectivity index (χ2v) is 7.74. The molecule has 1 saturated heterocycles. The minimum atomic E-state index is -0.617. The van der Waals surface area contributed by atoms with Gasteiger partial charge in [-0.3, -0.25) is 4.79 Å². The molecule has 6 heteroatoms. The van der Waals surface area contributed by atoms with E-state index in [0.717, 1.165) is 16.7 Å². The van der Waals surface area contributed by atoms with Crippen LogP contribution in [0.25, 0.3) is 11.1 Å². The summed E-state index contributed by atoms with van der Waals surface area (Å²) in [6.07, 6.45) is 2.86. The molecule has 2 aromatic carbocycles. The van der Waals surface area contributed by atoms with E-state index in [1.807, 2.05) is 22.9 Å². The van der Waals surface area contributed by atoms with E-state index in [1.54, 1.807) is 18.0 Å². The molecule has 158 valence electrons. The molecule has 6 nitrogen and oxygen atoms in total. The summed E-state index contributed by atoms with van der Waals surface area (Å²) in [5.74, 6) is 7.03. The normalized spacial score (nSPS) is 14.5. The van der Waals surface area contributed by atoms with Gasteiger partial charge in [-0.2, -0.15) is 0 Å². The molecule has 1 aliphatic heterocycles. The molecule has 1 aromatic heterocycles. The van der Waals surface area contributed by atoms with E-state index in [4.69, 9.17) is 5.11 Å². The quantitative estimate of drug-likeness (QED) is 0.628. The molecule has 1 fully saturated rings. The van der Waals surface area contributed by atoms with Crippen LogP contribution in [0.5, 0.6) is 0 Å². The maximum absolute atomic E-state index is 11.5. The molecule has 3 aromatic rings. The number of hydrogen-bond donors (Lipinski definition) is 2. The van der Waals surface area contributed by atoms with Gasteiger partial charge in [0.25, 0.3) is 0 Å². The Kier molecular flexibility index (Phi) is 6.17. The van der Waals surface area contributed by atoms with Crippen LogP contribution in [0.1, 0.15) is 35.9 Å². The zero-order chi connectivity index (χ0) is 21.8.